The van der Waals surface area contributed by atoms with Crippen molar-refractivity contribution >= 4 is 21.9 Å². The number of aromatic nitrogens is 3. The normalized spacial score (nSPS) is 18.3. The van der Waals surface area contributed by atoms with Gasteiger partial charge in [-0.25, -0.2) is 4.98 Å². The van der Waals surface area contributed by atoms with E-state index in [-0.39, 0.29) is 6.04 Å². The van der Waals surface area contributed by atoms with Gasteiger partial charge in [-0.05, 0) is 25.3 Å². The molecule has 0 unspecified atom stereocenters. The number of aliphatic hydroxyl groups is 1. The molecule has 2 aromatic heterocycles. The highest BCUT2D eigenvalue weighted by atomic mass is 16.3. The second-order valence-corrected chi connectivity index (χ2v) is 6.07. The summed E-state index contributed by atoms with van der Waals surface area (Å²) in [4.78, 5) is 8.98. The molecule has 4 rings (SSSR count). The average molecular weight is 293 g/mol. The van der Waals surface area contributed by atoms with Gasteiger partial charge in [0.25, 0.3) is 0 Å². The summed E-state index contributed by atoms with van der Waals surface area (Å²) in [5.41, 5.74) is 2.19. The SMILES string of the molecule is CC[C@@H](n1cnc2cnc3ccccc3c21)C1(O)CC=CC1. The maximum Gasteiger partial charge on any atom is 0.107 e. The van der Waals surface area contributed by atoms with Crippen molar-refractivity contribution in [3.63, 3.8) is 0 Å². The van der Waals surface area contributed by atoms with Crippen LogP contribution in [0.15, 0.2) is 48.9 Å². The lowest BCUT2D eigenvalue weighted by Crippen LogP contribution is -2.36. The number of rotatable bonds is 3. The molecule has 0 radical (unpaired) electrons. The summed E-state index contributed by atoms with van der Waals surface area (Å²) in [6, 6.07) is 8.12. The van der Waals surface area contributed by atoms with Crippen molar-refractivity contribution in [3.8, 4) is 0 Å². The molecule has 1 aliphatic rings. The average Bonchev–Trinajstić information content (AvgIpc) is 3.16. The fraction of sp³-hybridized carbons (Fsp3) is 0.333. The van der Waals surface area contributed by atoms with Crippen LogP contribution >= 0.6 is 0 Å². The van der Waals surface area contributed by atoms with Gasteiger partial charge >= 0.3 is 0 Å². The topological polar surface area (TPSA) is 50.9 Å². The molecule has 3 aromatic rings. The van der Waals surface area contributed by atoms with E-state index < -0.39 is 5.60 Å². The predicted octanol–water partition coefficient (Wildman–Crippen LogP) is 3.62. The third-order valence-corrected chi connectivity index (χ3v) is 4.76. The van der Waals surface area contributed by atoms with Crippen molar-refractivity contribution in [2.24, 2.45) is 0 Å². The zero-order chi connectivity index (χ0) is 15.2. The van der Waals surface area contributed by atoms with Gasteiger partial charge < -0.3 is 9.67 Å². The number of fused-ring (bicyclic) bond motifs is 3. The number of nitrogens with zero attached hydrogens (tertiary/aromatic N) is 3. The molecule has 0 bridgehead atoms. The molecule has 4 heteroatoms. The first-order valence-electron chi connectivity index (χ1n) is 7.80. The van der Waals surface area contributed by atoms with Gasteiger partial charge in [0.05, 0.1) is 35.2 Å². The monoisotopic (exact) mass is 293 g/mol. The van der Waals surface area contributed by atoms with Crippen molar-refractivity contribution in [2.45, 2.75) is 37.8 Å². The standard InChI is InChI=1S/C18H19N3O/c1-2-16(18(22)9-5-6-10-18)21-12-20-15-11-19-14-8-4-3-7-13(14)17(15)21/h3-8,11-12,16,22H,2,9-10H2,1H3/t16-/m1/s1. The molecular formula is C18H19N3O. The molecule has 1 aromatic carbocycles. The molecular weight excluding hydrogens is 274 g/mol. The Bertz CT molecular complexity index is 857. The molecule has 112 valence electrons. The smallest absolute Gasteiger partial charge is 0.107 e. The minimum atomic E-state index is -0.716. The van der Waals surface area contributed by atoms with Crippen LogP contribution < -0.4 is 0 Å². The van der Waals surface area contributed by atoms with Gasteiger partial charge in [0.15, 0.2) is 0 Å². The van der Waals surface area contributed by atoms with Gasteiger partial charge in [0, 0.05) is 5.39 Å². The van der Waals surface area contributed by atoms with E-state index in [0.717, 1.165) is 28.4 Å². The van der Waals surface area contributed by atoms with Gasteiger partial charge in [0.1, 0.15) is 5.52 Å². The fourth-order valence-corrected chi connectivity index (χ4v) is 3.67. The number of hydrogen-bond donors (Lipinski definition) is 1. The molecule has 1 atom stereocenters. The number of hydrogen-bond acceptors (Lipinski definition) is 3. The molecule has 0 saturated heterocycles. The third kappa shape index (κ3) is 1.87. The highest BCUT2D eigenvalue weighted by Gasteiger charge is 2.38. The molecule has 0 fully saturated rings. The third-order valence-electron chi connectivity index (χ3n) is 4.76. The van der Waals surface area contributed by atoms with E-state index in [4.69, 9.17) is 0 Å². The summed E-state index contributed by atoms with van der Waals surface area (Å²) < 4.78 is 2.15. The van der Waals surface area contributed by atoms with Crippen LogP contribution in [0.5, 0.6) is 0 Å². The van der Waals surface area contributed by atoms with Crippen molar-refractivity contribution in [2.75, 3.05) is 0 Å². The zero-order valence-electron chi connectivity index (χ0n) is 12.6. The van der Waals surface area contributed by atoms with Crippen LogP contribution in [-0.2, 0) is 0 Å². The lowest BCUT2D eigenvalue weighted by molar-refractivity contribution is -0.000873. The molecule has 0 amide bonds. The second kappa shape index (κ2) is 4.92. The molecule has 1 aliphatic carbocycles. The van der Waals surface area contributed by atoms with Crippen molar-refractivity contribution < 1.29 is 5.11 Å². The Labute approximate surface area is 129 Å². The zero-order valence-corrected chi connectivity index (χ0v) is 12.6. The Morgan fingerprint density at radius 3 is 2.73 bits per heavy atom. The predicted molar refractivity (Wildman–Crippen MR) is 87.7 cm³/mol. The maximum absolute atomic E-state index is 11.0. The molecule has 4 nitrogen and oxygen atoms in total. The Balaban J connectivity index is 1.96. The van der Waals surface area contributed by atoms with E-state index in [2.05, 4.69) is 39.7 Å². The van der Waals surface area contributed by atoms with E-state index in [1.54, 1.807) is 0 Å². The lowest BCUT2D eigenvalue weighted by Gasteiger charge is -2.33. The van der Waals surface area contributed by atoms with Crippen molar-refractivity contribution in [1.29, 1.82) is 0 Å². The van der Waals surface area contributed by atoms with Gasteiger partial charge in [-0.2, -0.15) is 0 Å². The molecule has 22 heavy (non-hydrogen) atoms. The summed E-state index contributed by atoms with van der Waals surface area (Å²) in [6.07, 6.45) is 10.1. The molecule has 2 heterocycles. The quantitative estimate of drug-likeness (QED) is 0.750. The van der Waals surface area contributed by atoms with Gasteiger partial charge in [-0.15, -0.1) is 0 Å². The van der Waals surface area contributed by atoms with Crippen molar-refractivity contribution in [3.05, 3.63) is 48.9 Å². The van der Waals surface area contributed by atoms with E-state index in [1.165, 1.54) is 0 Å². The van der Waals surface area contributed by atoms with Crippen molar-refractivity contribution in [1.82, 2.24) is 14.5 Å². The Hall–Kier alpha value is -2.20. The Kier molecular flexibility index (Phi) is 3.01. The van der Waals surface area contributed by atoms with E-state index in [9.17, 15) is 5.11 Å². The van der Waals surface area contributed by atoms with Gasteiger partial charge in [-0.1, -0.05) is 37.3 Å². The van der Waals surface area contributed by atoms with E-state index >= 15 is 0 Å². The second-order valence-electron chi connectivity index (χ2n) is 6.07. The summed E-state index contributed by atoms with van der Waals surface area (Å²) in [5.74, 6) is 0. The number of benzene rings is 1. The van der Waals surface area contributed by atoms with Crippen LogP contribution in [0.4, 0.5) is 0 Å². The Morgan fingerprint density at radius 1 is 1.18 bits per heavy atom. The fourth-order valence-electron chi connectivity index (χ4n) is 3.67. The first-order chi connectivity index (χ1) is 10.7. The highest BCUT2D eigenvalue weighted by molar-refractivity contribution is 6.02. The molecule has 0 aliphatic heterocycles. The minimum absolute atomic E-state index is 0.0123. The van der Waals surface area contributed by atoms with Crippen LogP contribution in [0.25, 0.3) is 21.9 Å². The van der Waals surface area contributed by atoms with Crippen LogP contribution in [0, 0.1) is 0 Å². The van der Waals surface area contributed by atoms with Crippen LogP contribution in [0.2, 0.25) is 0 Å². The van der Waals surface area contributed by atoms with Gasteiger partial charge in [0.2, 0.25) is 0 Å². The molecule has 0 saturated carbocycles. The largest absolute Gasteiger partial charge is 0.387 e. The molecule has 1 N–H and O–H groups in total. The minimum Gasteiger partial charge on any atom is -0.387 e. The molecule has 0 spiro atoms. The number of para-hydroxylation sites is 1. The summed E-state index contributed by atoms with van der Waals surface area (Å²) in [7, 11) is 0. The van der Waals surface area contributed by atoms with Crippen LogP contribution in [-0.4, -0.2) is 25.2 Å². The maximum atomic E-state index is 11.0. The van der Waals surface area contributed by atoms with E-state index in [1.807, 2.05) is 30.7 Å². The number of pyridine rings is 1. The first kappa shape index (κ1) is 13.5. The van der Waals surface area contributed by atoms with Crippen LogP contribution in [0.3, 0.4) is 0 Å². The summed E-state index contributed by atoms with van der Waals surface area (Å²) >= 11 is 0. The van der Waals surface area contributed by atoms with Crippen LogP contribution in [0.1, 0.15) is 32.2 Å². The summed E-state index contributed by atoms with van der Waals surface area (Å²) in [5, 5.41) is 12.1. The summed E-state index contributed by atoms with van der Waals surface area (Å²) in [6.45, 7) is 2.12. The lowest BCUT2D eigenvalue weighted by atomic mass is 9.89. The van der Waals surface area contributed by atoms with Gasteiger partial charge in [-0.3, -0.25) is 4.98 Å². The Morgan fingerprint density at radius 2 is 1.95 bits per heavy atom. The highest BCUT2D eigenvalue weighted by Crippen LogP contribution is 2.39. The number of imidazole rings is 1. The first-order valence-corrected chi connectivity index (χ1v) is 7.80. The van der Waals surface area contributed by atoms with E-state index in [0.29, 0.717) is 12.8 Å².